The molecule has 2 aliphatic heterocycles. The second-order valence-corrected chi connectivity index (χ2v) is 11.5. The maximum absolute atomic E-state index is 13.7. The lowest BCUT2D eigenvalue weighted by atomic mass is 9.91. The standard InChI is InChI=1S/C34H36F3N3O2/c1-33(27-13-14-30-25(20-27)15-18-41-30)22-40(23-39-33)16-6-3-7-17-42-32-26(19-24-9-4-2-5-10-24)21-38-31-28(32)11-8-12-29(31)34(35,36)37/h2,4-5,8-14,20-21,39H,3,6-7,15-19,22-23H2,1H3. The molecule has 2 aliphatic rings. The van der Waals surface area contributed by atoms with E-state index in [0.717, 1.165) is 75.0 Å². The Morgan fingerprint density at radius 2 is 1.88 bits per heavy atom. The van der Waals surface area contributed by atoms with Crippen molar-refractivity contribution in [1.82, 2.24) is 15.2 Å². The van der Waals surface area contributed by atoms with Gasteiger partial charge in [-0.25, -0.2) is 0 Å². The molecule has 5 nitrogen and oxygen atoms in total. The number of halogens is 3. The summed E-state index contributed by atoms with van der Waals surface area (Å²) in [5.74, 6) is 1.50. The minimum Gasteiger partial charge on any atom is -0.493 e. The normalized spacial score (nSPS) is 18.8. The summed E-state index contributed by atoms with van der Waals surface area (Å²) in [6.07, 6.45) is 1.35. The number of benzene rings is 3. The van der Waals surface area contributed by atoms with Crippen LogP contribution in [0, 0.1) is 0 Å². The van der Waals surface area contributed by atoms with Crippen molar-refractivity contribution in [2.24, 2.45) is 0 Å². The zero-order chi connectivity index (χ0) is 29.2. The van der Waals surface area contributed by atoms with E-state index in [1.807, 2.05) is 30.3 Å². The summed E-state index contributed by atoms with van der Waals surface area (Å²) in [6, 6.07) is 20.6. The van der Waals surface area contributed by atoms with Crippen molar-refractivity contribution in [3.05, 3.63) is 101 Å². The smallest absolute Gasteiger partial charge is 0.418 e. The van der Waals surface area contributed by atoms with Gasteiger partial charge in [-0.2, -0.15) is 13.2 Å². The van der Waals surface area contributed by atoms with E-state index >= 15 is 0 Å². The van der Waals surface area contributed by atoms with Gasteiger partial charge in [0, 0.05) is 43.2 Å². The van der Waals surface area contributed by atoms with Crippen molar-refractivity contribution in [1.29, 1.82) is 0 Å². The van der Waals surface area contributed by atoms with Gasteiger partial charge >= 0.3 is 6.18 Å². The van der Waals surface area contributed by atoms with E-state index in [0.29, 0.717) is 24.2 Å². The Hall–Kier alpha value is -3.62. The van der Waals surface area contributed by atoms with Crippen LogP contribution in [0.3, 0.4) is 0 Å². The molecule has 1 aromatic heterocycles. The molecule has 3 heterocycles. The first kappa shape index (κ1) is 28.5. The van der Waals surface area contributed by atoms with Crippen LogP contribution in [0.25, 0.3) is 10.9 Å². The first-order chi connectivity index (χ1) is 20.3. The lowest BCUT2D eigenvalue weighted by Gasteiger charge is -2.25. The first-order valence-corrected chi connectivity index (χ1v) is 14.7. The van der Waals surface area contributed by atoms with Gasteiger partial charge in [0.2, 0.25) is 0 Å². The van der Waals surface area contributed by atoms with E-state index in [-0.39, 0.29) is 11.1 Å². The van der Waals surface area contributed by atoms with Gasteiger partial charge in [0.25, 0.3) is 0 Å². The van der Waals surface area contributed by atoms with Gasteiger partial charge in [-0.05, 0) is 67.6 Å². The lowest BCUT2D eigenvalue weighted by molar-refractivity contribution is -0.136. The zero-order valence-electron chi connectivity index (χ0n) is 23.8. The van der Waals surface area contributed by atoms with Crippen LogP contribution in [-0.2, 0) is 24.6 Å². The van der Waals surface area contributed by atoms with Gasteiger partial charge in [-0.15, -0.1) is 0 Å². The monoisotopic (exact) mass is 575 g/mol. The number of alkyl halides is 3. The Bertz CT molecular complexity index is 1540. The average Bonchev–Trinajstić information content (AvgIpc) is 3.62. The largest absolute Gasteiger partial charge is 0.493 e. The molecule has 1 fully saturated rings. The summed E-state index contributed by atoms with van der Waals surface area (Å²) in [6.45, 7) is 6.21. The Morgan fingerprint density at radius 1 is 1.02 bits per heavy atom. The maximum Gasteiger partial charge on any atom is 0.418 e. The van der Waals surface area contributed by atoms with Crippen molar-refractivity contribution < 1.29 is 22.6 Å². The molecule has 0 spiro atoms. The van der Waals surface area contributed by atoms with Gasteiger partial charge in [0.05, 0.1) is 29.8 Å². The number of rotatable bonds is 10. The molecule has 220 valence electrons. The van der Waals surface area contributed by atoms with E-state index in [1.165, 1.54) is 23.4 Å². The van der Waals surface area contributed by atoms with Crippen molar-refractivity contribution in [3.8, 4) is 11.5 Å². The number of hydrogen-bond acceptors (Lipinski definition) is 5. The van der Waals surface area contributed by atoms with Gasteiger partial charge < -0.3 is 9.47 Å². The second-order valence-electron chi connectivity index (χ2n) is 11.5. The maximum atomic E-state index is 13.7. The topological polar surface area (TPSA) is 46.6 Å². The highest BCUT2D eigenvalue weighted by atomic mass is 19.4. The number of nitrogens with one attached hydrogen (secondary N) is 1. The molecule has 1 N–H and O–H groups in total. The summed E-state index contributed by atoms with van der Waals surface area (Å²) >= 11 is 0. The number of para-hydroxylation sites is 1. The van der Waals surface area contributed by atoms with Crippen molar-refractivity contribution in [3.63, 3.8) is 0 Å². The molecule has 1 unspecified atom stereocenters. The van der Waals surface area contributed by atoms with Crippen LogP contribution >= 0.6 is 0 Å². The SMILES string of the molecule is CC1(c2ccc3c(c2)CCO3)CN(CCCCCOc2c(Cc3ccccc3)cnc3c(C(F)(F)F)cccc23)CN1. The minimum atomic E-state index is -4.49. The summed E-state index contributed by atoms with van der Waals surface area (Å²) in [5.41, 5.74) is 3.52. The Morgan fingerprint density at radius 3 is 2.71 bits per heavy atom. The summed E-state index contributed by atoms with van der Waals surface area (Å²) in [4.78, 5) is 6.68. The van der Waals surface area contributed by atoms with Crippen LogP contribution in [0.15, 0.2) is 72.9 Å². The third kappa shape index (κ3) is 6.10. The van der Waals surface area contributed by atoms with Crippen LogP contribution < -0.4 is 14.8 Å². The van der Waals surface area contributed by atoms with Crippen molar-refractivity contribution in [2.75, 3.05) is 33.0 Å². The number of hydrogen-bond donors (Lipinski definition) is 1. The molecule has 1 saturated heterocycles. The van der Waals surface area contributed by atoms with Gasteiger partial charge in [-0.1, -0.05) is 48.5 Å². The molecule has 0 aliphatic carbocycles. The lowest BCUT2D eigenvalue weighted by Crippen LogP contribution is -2.36. The van der Waals surface area contributed by atoms with E-state index in [4.69, 9.17) is 9.47 Å². The molecule has 3 aromatic carbocycles. The fraction of sp³-hybridized carbons (Fsp3) is 0.382. The number of unbranched alkanes of at least 4 members (excludes halogenated alkanes) is 2. The van der Waals surface area contributed by atoms with Crippen LogP contribution in [0.5, 0.6) is 11.5 Å². The molecule has 0 amide bonds. The molecule has 0 radical (unpaired) electrons. The first-order valence-electron chi connectivity index (χ1n) is 14.7. The predicted molar refractivity (Wildman–Crippen MR) is 158 cm³/mol. The Kier molecular flexibility index (Phi) is 8.10. The van der Waals surface area contributed by atoms with Crippen LogP contribution in [0.4, 0.5) is 13.2 Å². The van der Waals surface area contributed by atoms with E-state index < -0.39 is 11.7 Å². The van der Waals surface area contributed by atoms with Crippen molar-refractivity contribution in [2.45, 2.75) is 50.7 Å². The number of nitrogens with zero attached hydrogens (tertiary/aromatic N) is 2. The molecule has 0 bridgehead atoms. The van der Waals surface area contributed by atoms with Crippen LogP contribution in [0.1, 0.15) is 54.0 Å². The summed E-state index contributed by atoms with van der Waals surface area (Å²) in [5, 5.41) is 4.10. The molecule has 8 heteroatoms. The summed E-state index contributed by atoms with van der Waals surface area (Å²) < 4.78 is 53.1. The van der Waals surface area contributed by atoms with Crippen LogP contribution in [-0.4, -0.2) is 42.9 Å². The second kappa shape index (κ2) is 11.9. The number of aromatic nitrogens is 1. The number of fused-ring (bicyclic) bond motifs is 2. The molecule has 0 saturated carbocycles. The zero-order valence-corrected chi connectivity index (χ0v) is 23.8. The predicted octanol–water partition coefficient (Wildman–Crippen LogP) is 7.11. The van der Waals surface area contributed by atoms with E-state index in [9.17, 15) is 13.2 Å². The molecule has 1 atom stereocenters. The highest BCUT2D eigenvalue weighted by Gasteiger charge is 2.35. The Labute approximate surface area is 244 Å². The Balaban J connectivity index is 1.06. The highest BCUT2D eigenvalue weighted by molar-refractivity contribution is 5.89. The van der Waals surface area contributed by atoms with Gasteiger partial charge in [0.15, 0.2) is 0 Å². The summed E-state index contributed by atoms with van der Waals surface area (Å²) in [7, 11) is 0. The molecule has 42 heavy (non-hydrogen) atoms. The third-order valence-electron chi connectivity index (χ3n) is 8.39. The highest BCUT2D eigenvalue weighted by Crippen LogP contribution is 2.38. The molecule has 6 rings (SSSR count). The van der Waals surface area contributed by atoms with Crippen LogP contribution in [0.2, 0.25) is 0 Å². The fourth-order valence-corrected chi connectivity index (χ4v) is 6.10. The third-order valence-corrected chi connectivity index (χ3v) is 8.39. The minimum absolute atomic E-state index is 0.0720. The molecule has 4 aromatic rings. The van der Waals surface area contributed by atoms with Crippen molar-refractivity contribution >= 4 is 10.9 Å². The fourth-order valence-electron chi connectivity index (χ4n) is 6.10. The van der Waals surface area contributed by atoms with Gasteiger partial charge in [-0.3, -0.25) is 15.2 Å². The van der Waals surface area contributed by atoms with E-state index in [1.54, 1.807) is 6.07 Å². The average molecular weight is 576 g/mol. The number of ether oxygens (including phenoxy) is 2. The molecular formula is C34H36F3N3O2. The molecular weight excluding hydrogens is 539 g/mol. The number of pyridine rings is 1. The van der Waals surface area contributed by atoms with Gasteiger partial charge in [0.1, 0.15) is 11.5 Å². The quantitative estimate of drug-likeness (QED) is 0.204. The van der Waals surface area contributed by atoms with E-state index in [2.05, 4.69) is 40.3 Å².